The van der Waals surface area contributed by atoms with Crippen molar-refractivity contribution >= 4 is 0 Å². The van der Waals surface area contributed by atoms with Gasteiger partial charge in [0.2, 0.25) is 0 Å². The van der Waals surface area contributed by atoms with E-state index in [0.717, 1.165) is 12.8 Å². The van der Waals surface area contributed by atoms with Gasteiger partial charge in [0.05, 0.1) is 0 Å². The lowest BCUT2D eigenvalue weighted by atomic mass is 10.0. The normalized spacial score (nSPS) is 40.5. The molecule has 1 rings (SSSR count). The van der Waals surface area contributed by atoms with Gasteiger partial charge in [-0.25, -0.2) is 0 Å². The molecule has 1 saturated heterocycles. The monoisotopic (exact) mass is 146 g/mol. The minimum Gasteiger partial charge on any atom is -0.368 e. The number of hydrogen-bond acceptors (Lipinski definition) is 3. The lowest BCUT2D eigenvalue weighted by Gasteiger charge is -2.09. The molecule has 1 aliphatic heterocycles. The summed E-state index contributed by atoms with van der Waals surface area (Å²) in [6.45, 7) is 2.05. The second-order valence-corrected chi connectivity index (χ2v) is 2.77. The van der Waals surface area contributed by atoms with E-state index in [9.17, 15) is 0 Å². The second kappa shape index (κ2) is 3.32. The van der Waals surface area contributed by atoms with Gasteiger partial charge in [-0.1, -0.05) is 13.3 Å². The third-order valence-electron chi connectivity index (χ3n) is 1.86. The SMILES string of the molecule is CCCC1C[C@H](O)O[C@@H]1O. The minimum absolute atomic E-state index is 0.139. The Morgan fingerprint density at radius 2 is 2.20 bits per heavy atom. The molecule has 0 aliphatic carbocycles. The fraction of sp³-hybridized carbons (Fsp3) is 1.00. The predicted octanol–water partition coefficient (Wildman–Crippen LogP) is 0.460. The zero-order chi connectivity index (χ0) is 7.56. The Balaban J connectivity index is 2.31. The van der Waals surface area contributed by atoms with E-state index < -0.39 is 12.6 Å². The van der Waals surface area contributed by atoms with Crippen molar-refractivity contribution in [1.82, 2.24) is 0 Å². The molecule has 0 spiro atoms. The third-order valence-corrected chi connectivity index (χ3v) is 1.86. The molecule has 0 radical (unpaired) electrons. The van der Waals surface area contributed by atoms with Crippen LogP contribution in [0.1, 0.15) is 26.2 Å². The first-order valence-corrected chi connectivity index (χ1v) is 3.75. The van der Waals surface area contributed by atoms with Gasteiger partial charge in [-0.2, -0.15) is 0 Å². The van der Waals surface area contributed by atoms with Crippen molar-refractivity contribution in [2.24, 2.45) is 5.92 Å². The van der Waals surface area contributed by atoms with Gasteiger partial charge in [-0.3, -0.25) is 0 Å². The van der Waals surface area contributed by atoms with Crippen molar-refractivity contribution in [2.75, 3.05) is 0 Å². The fourth-order valence-electron chi connectivity index (χ4n) is 1.33. The van der Waals surface area contributed by atoms with Gasteiger partial charge < -0.3 is 14.9 Å². The number of aliphatic hydroxyl groups is 2. The third kappa shape index (κ3) is 1.68. The molecule has 0 saturated carbocycles. The van der Waals surface area contributed by atoms with Crippen LogP contribution in [0.4, 0.5) is 0 Å². The smallest absolute Gasteiger partial charge is 0.160 e. The maximum absolute atomic E-state index is 9.11. The highest BCUT2D eigenvalue weighted by molar-refractivity contribution is 4.69. The summed E-state index contributed by atoms with van der Waals surface area (Å²) in [7, 11) is 0. The van der Waals surface area contributed by atoms with E-state index >= 15 is 0 Å². The molecule has 0 aromatic rings. The highest BCUT2D eigenvalue weighted by Gasteiger charge is 2.31. The van der Waals surface area contributed by atoms with Crippen LogP contribution in [0.2, 0.25) is 0 Å². The summed E-state index contributed by atoms with van der Waals surface area (Å²) in [5.41, 5.74) is 0. The minimum atomic E-state index is -0.744. The van der Waals surface area contributed by atoms with Crippen LogP contribution in [0.25, 0.3) is 0 Å². The molecule has 3 nitrogen and oxygen atoms in total. The molecule has 1 unspecified atom stereocenters. The molecule has 60 valence electrons. The summed E-state index contributed by atoms with van der Waals surface area (Å²) in [5.74, 6) is 0.139. The lowest BCUT2D eigenvalue weighted by molar-refractivity contribution is -0.168. The van der Waals surface area contributed by atoms with Gasteiger partial charge in [0.25, 0.3) is 0 Å². The molecule has 10 heavy (non-hydrogen) atoms. The van der Waals surface area contributed by atoms with Crippen LogP contribution < -0.4 is 0 Å². The molecule has 2 N–H and O–H groups in total. The van der Waals surface area contributed by atoms with Crippen LogP contribution in [0.3, 0.4) is 0 Å². The Hall–Kier alpha value is -0.120. The van der Waals surface area contributed by atoms with Gasteiger partial charge in [0.15, 0.2) is 12.6 Å². The van der Waals surface area contributed by atoms with Crippen LogP contribution in [0.5, 0.6) is 0 Å². The summed E-state index contributed by atoms with van der Waals surface area (Å²) in [5, 5.41) is 18.0. The van der Waals surface area contributed by atoms with Gasteiger partial charge >= 0.3 is 0 Å². The summed E-state index contributed by atoms with van der Waals surface area (Å²) >= 11 is 0. The maximum atomic E-state index is 9.11. The molecule has 1 aliphatic rings. The van der Waals surface area contributed by atoms with Crippen molar-refractivity contribution in [3.63, 3.8) is 0 Å². The van der Waals surface area contributed by atoms with Crippen molar-refractivity contribution < 1.29 is 14.9 Å². The summed E-state index contributed by atoms with van der Waals surface area (Å²) in [6.07, 6.45) is 1.05. The van der Waals surface area contributed by atoms with Crippen molar-refractivity contribution in [3.8, 4) is 0 Å². The van der Waals surface area contributed by atoms with E-state index in [1.54, 1.807) is 0 Å². The average Bonchev–Trinajstić information content (AvgIpc) is 2.13. The van der Waals surface area contributed by atoms with E-state index in [-0.39, 0.29) is 5.92 Å². The Kier molecular flexibility index (Phi) is 2.65. The maximum Gasteiger partial charge on any atom is 0.160 e. The molecule has 0 bridgehead atoms. The van der Waals surface area contributed by atoms with Gasteiger partial charge in [-0.15, -0.1) is 0 Å². The first kappa shape index (κ1) is 7.98. The molecule has 0 aromatic heterocycles. The molecular weight excluding hydrogens is 132 g/mol. The van der Waals surface area contributed by atoms with Crippen LogP contribution in [-0.2, 0) is 4.74 Å². The Labute approximate surface area is 60.6 Å². The Morgan fingerprint density at radius 1 is 1.50 bits per heavy atom. The second-order valence-electron chi connectivity index (χ2n) is 2.77. The topological polar surface area (TPSA) is 49.7 Å². The summed E-state index contributed by atoms with van der Waals surface area (Å²) in [4.78, 5) is 0. The lowest BCUT2D eigenvalue weighted by Crippen LogP contribution is -2.14. The van der Waals surface area contributed by atoms with E-state index in [0.29, 0.717) is 6.42 Å². The molecular formula is C7H14O3. The highest BCUT2D eigenvalue weighted by atomic mass is 16.7. The van der Waals surface area contributed by atoms with Crippen LogP contribution in [-0.4, -0.2) is 22.8 Å². The van der Waals surface area contributed by atoms with E-state index in [1.165, 1.54) is 0 Å². The van der Waals surface area contributed by atoms with E-state index in [2.05, 4.69) is 6.92 Å². The van der Waals surface area contributed by atoms with Gasteiger partial charge in [0, 0.05) is 12.3 Å². The van der Waals surface area contributed by atoms with E-state index in [4.69, 9.17) is 14.9 Å². The van der Waals surface area contributed by atoms with Crippen LogP contribution >= 0.6 is 0 Å². The molecule has 3 heteroatoms. The van der Waals surface area contributed by atoms with E-state index in [1.807, 2.05) is 0 Å². The number of hydrogen-bond donors (Lipinski definition) is 2. The van der Waals surface area contributed by atoms with Crippen molar-refractivity contribution in [3.05, 3.63) is 0 Å². The van der Waals surface area contributed by atoms with Crippen molar-refractivity contribution in [2.45, 2.75) is 38.8 Å². The largest absolute Gasteiger partial charge is 0.368 e. The number of rotatable bonds is 2. The molecule has 3 atom stereocenters. The van der Waals surface area contributed by atoms with Gasteiger partial charge in [0.1, 0.15) is 0 Å². The average molecular weight is 146 g/mol. The highest BCUT2D eigenvalue weighted by Crippen LogP contribution is 2.26. The molecule has 0 amide bonds. The fourth-order valence-corrected chi connectivity index (χ4v) is 1.33. The Morgan fingerprint density at radius 3 is 2.60 bits per heavy atom. The summed E-state index contributed by atoms with van der Waals surface area (Å²) < 4.78 is 4.74. The first-order chi connectivity index (χ1) is 4.74. The van der Waals surface area contributed by atoms with Crippen molar-refractivity contribution in [1.29, 1.82) is 0 Å². The predicted molar refractivity (Wildman–Crippen MR) is 36.1 cm³/mol. The first-order valence-electron chi connectivity index (χ1n) is 3.75. The van der Waals surface area contributed by atoms with Gasteiger partial charge in [-0.05, 0) is 6.42 Å². The summed E-state index contributed by atoms with van der Waals surface area (Å²) in [6, 6.07) is 0. The van der Waals surface area contributed by atoms with Crippen LogP contribution in [0, 0.1) is 5.92 Å². The Bertz CT molecular complexity index is 105. The molecule has 1 fully saturated rings. The quantitative estimate of drug-likeness (QED) is 0.595. The molecule has 0 aromatic carbocycles. The number of aliphatic hydroxyl groups excluding tert-OH is 2. The number of ether oxygens (including phenoxy) is 1. The zero-order valence-corrected chi connectivity index (χ0v) is 6.16. The van der Waals surface area contributed by atoms with Crippen LogP contribution in [0.15, 0.2) is 0 Å². The zero-order valence-electron chi connectivity index (χ0n) is 6.16. The standard InChI is InChI=1S/C7H14O3/c1-2-3-5-4-6(8)10-7(5)9/h5-9H,2-4H2,1H3/t5?,6-,7+/m1/s1. The molecule has 1 heterocycles.